The minimum atomic E-state index is -3.75. The van der Waals surface area contributed by atoms with Gasteiger partial charge in [0.25, 0.3) is 0 Å². The summed E-state index contributed by atoms with van der Waals surface area (Å²) in [5.74, 6) is -0.335. The molecule has 2 aromatic rings. The van der Waals surface area contributed by atoms with Gasteiger partial charge in [0, 0.05) is 22.6 Å². The van der Waals surface area contributed by atoms with Gasteiger partial charge < -0.3 is 9.47 Å². The molecule has 1 saturated heterocycles. The van der Waals surface area contributed by atoms with E-state index in [1.165, 1.54) is 22.5 Å². The first-order valence-corrected chi connectivity index (χ1v) is 10.3. The Morgan fingerprint density at radius 2 is 1.77 bits per heavy atom. The quantitative estimate of drug-likeness (QED) is 0.517. The number of esters is 1. The molecule has 1 aliphatic rings. The van der Waals surface area contributed by atoms with Crippen molar-refractivity contribution in [1.29, 1.82) is 0 Å². The third-order valence-corrected chi connectivity index (χ3v) is 6.92. The van der Waals surface area contributed by atoms with Crippen LogP contribution in [0.4, 0.5) is 0 Å². The van der Waals surface area contributed by atoms with E-state index >= 15 is 0 Å². The van der Waals surface area contributed by atoms with Crippen molar-refractivity contribution in [2.75, 3.05) is 26.3 Å². The van der Waals surface area contributed by atoms with Crippen LogP contribution in [0.5, 0.6) is 5.75 Å². The van der Waals surface area contributed by atoms with E-state index in [9.17, 15) is 13.2 Å². The van der Waals surface area contributed by atoms with Gasteiger partial charge in [-0.25, -0.2) is 13.2 Å². The van der Waals surface area contributed by atoms with E-state index in [2.05, 4.69) is 15.9 Å². The van der Waals surface area contributed by atoms with Gasteiger partial charge in [-0.2, -0.15) is 4.31 Å². The molecule has 0 atom stereocenters. The lowest BCUT2D eigenvalue weighted by molar-refractivity contribution is 0.0727. The minimum absolute atomic E-state index is 0.0185. The number of morpholine rings is 1. The largest absolute Gasteiger partial charge is 0.423 e. The number of nitrogens with zero attached hydrogens (tertiary/aromatic N) is 1. The third kappa shape index (κ3) is 4.27. The summed E-state index contributed by atoms with van der Waals surface area (Å²) in [5.41, 5.74) is 0.134. The molecule has 138 valence electrons. The van der Waals surface area contributed by atoms with Crippen molar-refractivity contribution >= 4 is 43.5 Å². The van der Waals surface area contributed by atoms with E-state index in [-0.39, 0.29) is 23.5 Å². The fourth-order valence-electron chi connectivity index (χ4n) is 2.42. The van der Waals surface area contributed by atoms with Crippen LogP contribution in [-0.2, 0) is 14.8 Å². The Balaban J connectivity index is 1.87. The zero-order chi connectivity index (χ0) is 18.7. The van der Waals surface area contributed by atoms with Crippen molar-refractivity contribution in [2.45, 2.75) is 4.90 Å². The summed E-state index contributed by atoms with van der Waals surface area (Å²) in [5, 5.41) is 0.521. The van der Waals surface area contributed by atoms with Gasteiger partial charge in [0.2, 0.25) is 10.0 Å². The Bertz CT molecular complexity index is 911. The number of ether oxygens (including phenoxy) is 2. The zero-order valence-electron chi connectivity index (χ0n) is 13.5. The van der Waals surface area contributed by atoms with Gasteiger partial charge in [0.1, 0.15) is 5.75 Å². The lowest BCUT2D eigenvalue weighted by Gasteiger charge is -2.26. The number of carbonyl (C=O) groups excluding carboxylic acids is 1. The van der Waals surface area contributed by atoms with Crippen LogP contribution < -0.4 is 4.74 Å². The SMILES string of the molecule is O=C(Oc1ccc(Cl)cc1)c1ccc(Br)c(S(=O)(=O)N2CCOCC2)c1. The highest BCUT2D eigenvalue weighted by atomic mass is 79.9. The van der Waals surface area contributed by atoms with Crippen LogP contribution in [0.25, 0.3) is 0 Å². The number of halogens is 2. The molecule has 3 rings (SSSR count). The Morgan fingerprint density at radius 3 is 2.42 bits per heavy atom. The van der Waals surface area contributed by atoms with Crippen molar-refractivity contribution in [1.82, 2.24) is 4.31 Å². The lowest BCUT2D eigenvalue weighted by Crippen LogP contribution is -2.40. The molecule has 0 N–H and O–H groups in total. The molecule has 0 aromatic heterocycles. The summed E-state index contributed by atoms with van der Waals surface area (Å²) in [6, 6.07) is 10.6. The summed E-state index contributed by atoms with van der Waals surface area (Å²) in [7, 11) is -3.75. The average Bonchev–Trinajstić information content (AvgIpc) is 2.64. The Kier molecular flexibility index (Phi) is 5.99. The molecule has 1 fully saturated rings. The summed E-state index contributed by atoms with van der Waals surface area (Å²) in [4.78, 5) is 12.4. The molecule has 0 aliphatic carbocycles. The molecule has 26 heavy (non-hydrogen) atoms. The van der Waals surface area contributed by atoms with E-state index in [4.69, 9.17) is 21.1 Å². The van der Waals surface area contributed by atoms with E-state index in [1.54, 1.807) is 24.3 Å². The molecule has 9 heteroatoms. The molecular formula is C17H15BrClNO5S. The van der Waals surface area contributed by atoms with E-state index in [1.807, 2.05) is 0 Å². The molecule has 0 radical (unpaired) electrons. The predicted molar refractivity (Wildman–Crippen MR) is 100 cm³/mol. The lowest BCUT2D eigenvalue weighted by atomic mass is 10.2. The summed E-state index contributed by atoms with van der Waals surface area (Å²) in [6.07, 6.45) is 0. The second-order valence-electron chi connectivity index (χ2n) is 5.51. The molecule has 0 saturated carbocycles. The maximum Gasteiger partial charge on any atom is 0.343 e. The van der Waals surface area contributed by atoms with Crippen LogP contribution in [0.3, 0.4) is 0 Å². The van der Waals surface area contributed by atoms with E-state index in [0.717, 1.165) is 0 Å². The first-order chi connectivity index (χ1) is 12.4. The van der Waals surface area contributed by atoms with Gasteiger partial charge >= 0.3 is 5.97 Å². The molecule has 1 heterocycles. The van der Waals surface area contributed by atoms with Gasteiger partial charge in [0.15, 0.2) is 0 Å². The van der Waals surface area contributed by atoms with Crippen LogP contribution in [0.2, 0.25) is 5.02 Å². The highest BCUT2D eigenvalue weighted by Gasteiger charge is 2.29. The van der Waals surface area contributed by atoms with Crippen LogP contribution >= 0.6 is 27.5 Å². The standard InChI is InChI=1S/C17H15BrClNO5S/c18-15-6-1-12(17(21)25-14-4-2-13(19)3-5-14)11-16(15)26(22,23)20-7-9-24-10-8-20/h1-6,11H,7-10H2. The van der Waals surface area contributed by atoms with Gasteiger partial charge in [-0.15, -0.1) is 0 Å². The first-order valence-electron chi connectivity index (χ1n) is 7.73. The first kappa shape index (κ1) is 19.3. The number of carbonyl (C=O) groups is 1. The predicted octanol–water partition coefficient (Wildman–Crippen LogP) is 3.34. The Labute approximate surface area is 164 Å². The second-order valence-corrected chi connectivity index (χ2v) is 8.70. The maximum atomic E-state index is 12.9. The molecule has 2 aromatic carbocycles. The Hall–Kier alpha value is -1.45. The molecule has 0 unspecified atom stereocenters. The highest BCUT2D eigenvalue weighted by molar-refractivity contribution is 9.10. The van der Waals surface area contributed by atoms with Gasteiger partial charge in [-0.3, -0.25) is 0 Å². The number of hydrogen-bond donors (Lipinski definition) is 0. The van der Waals surface area contributed by atoms with Crippen molar-refractivity contribution in [3.05, 3.63) is 57.5 Å². The van der Waals surface area contributed by atoms with Crippen molar-refractivity contribution < 1.29 is 22.7 Å². The Morgan fingerprint density at radius 1 is 1.12 bits per heavy atom. The smallest absolute Gasteiger partial charge is 0.343 e. The van der Waals surface area contributed by atoms with Gasteiger partial charge in [-0.05, 0) is 58.4 Å². The zero-order valence-corrected chi connectivity index (χ0v) is 16.7. The van der Waals surface area contributed by atoms with Gasteiger partial charge in [-0.1, -0.05) is 11.6 Å². The fraction of sp³-hybridized carbons (Fsp3) is 0.235. The van der Waals surface area contributed by atoms with Crippen molar-refractivity contribution in [2.24, 2.45) is 0 Å². The molecule has 6 nitrogen and oxygen atoms in total. The van der Waals surface area contributed by atoms with Crippen LogP contribution in [0.15, 0.2) is 51.8 Å². The summed E-state index contributed by atoms with van der Waals surface area (Å²) in [6.45, 7) is 1.23. The van der Waals surface area contributed by atoms with Crippen LogP contribution in [0, 0.1) is 0 Å². The summed E-state index contributed by atoms with van der Waals surface area (Å²) >= 11 is 9.05. The van der Waals surface area contributed by atoms with E-state index < -0.39 is 16.0 Å². The topological polar surface area (TPSA) is 72.9 Å². The van der Waals surface area contributed by atoms with Crippen molar-refractivity contribution in [3.63, 3.8) is 0 Å². The average molecular weight is 461 g/mol. The van der Waals surface area contributed by atoms with Crippen molar-refractivity contribution in [3.8, 4) is 5.75 Å². The molecule has 1 aliphatic heterocycles. The second kappa shape index (κ2) is 8.06. The maximum absolute atomic E-state index is 12.9. The highest BCUT2D eigenvalue weighted by Crippen LogP contribution is 2.27. The van der Waals surface area contributed by atoms with Crippen LogP contribution in [-0.4, -0.2) is 45.0 Å². The molecule has 0 bridgehead atoms. The molecular weight excluding hydrogens is 446 g/mol. The number of sulfonamides is 1. The van der Waals surface area contributed by atoms with E-state index in [0.29, 0.717) is 28.5 Å². The monoisotopic (exact) mass is 459 g/mol. The number of hydrogen-bond acceptors (Lipinski definition) is 5. The number of rotatable bonds is 4. The summed E-state index contributed by atoms with van der Waals surface area (Å²) < 4.78 is 37.9. The molecule has 0 spiro atoms. The third-order valence-electron chi connectivity index (χ3n) is 3.78. The number of benzene rings is 2. The fourth-order valence-corrected chi connectivity index (χ4v) is 4.91. The minimum Gasteiger partial charge on any atom is -0.423 e. The molecule has 0 amide bonds. The normalized spacial score (nSPS) is 15.6. The van der Waals surface area contributed by atoms with Crippen LogP contribution in [0.1, 0.15) is 10.4 Å². The van der Waals surface area contributed by atoms with Gasteiger partial charge in [0.05, 0.1) is 23.7 Å².